The number of anilines is 1. The second kappa shape index (κ2) is 6.41. The Kier molecular flexibility index (Phi) is 4.61. The molecule has 3 nitrogen and oxygen atoms in total. The molecule has 0 saturated heterocycles. The molecule has 0 spiro atoms. The molecule has 1 aromatic carbocycles. The molecule has 0 saturated carbocycles. The molecular weight excluding hydrogens is 236 g/mol. The Morgan fingerprint density at radius 3 is 2.68 bits per heavy atom. The van der Waals surface area contributed by atoms with Gasteiger partial charge in [0.25, 0.3) is 0 Å². The number of aryl methyl sites for hydroxylation is 1. The van der Waals surface area contributed by atoms with E-state index < -0.39 is 0 Å². The zero-order valence-electron chi connectivity index (χ0n) is 11.9. The number of rotatable bonds is 5. The fourth-order valence-corrected chi connectivity index (χ4v) is 2.00. The molecule has 0 atom stereocenters. The number of ether oxygens (including phenoxy) is 1. The molecule has 2 rings (SSSR count). The van der Waals surface area contributed by atoms with Gasteiger partial charge in [0.05, 0.1) is 6.54 Å². The molecule has 0 bridgehead atoms. The van der Waals surface area contributed by atoms with Crippen molar-refractivity contribution in [3.63, 3.8) is 0 Å². The van der Waals surface area contributed by atoms with Crippen molar-refractivity contribution in [2.45, 2.75) is 27.2 Å². The van der Waals surface area contributed by atoms with E-state index in [1.807, 2.05) is 6.08 Å². The Hall–Kier alpha value is -1.77. The minimum atomic E-state index is 0.589. The average Bonchev–Trinajstić information content (AvgIpc) is 2.84. The first-order valence-electron chi connectivity index (χ1n) is 6.85. The van der Waals surface area contributed by atoms with Crippen molar-refractivity contribution in [3.8, 4) is 0 Å². The summed E-state index contributed by atoms with van der Waals surface area (Å²) in [6, 6.07) is 8.42. The first kappa shape index (κ1) is 13.7. The normalized spacial score (nSPS) is 15.4. The second-order valence-electron chi connectivity index (χ2n) is 5.33. The molecule has 1 aromatic rings. The average molecular weight is 258 g/mol. The standard InChI is InChI=1S/C16H22N2O/c1-12(2)10-15(11-16-17-8-9-19-16)18-14-6-4-13(3)5-7-14/h4-7,11-12,18H,8-10H2,1-3H3/b15-11-. The largest absolute Gasteiger partial charge is 0.476 e. The van der Waals surface area contributed by atoms with Gasteiger partial charge in [-0.3, -0.25) is 0 Å². The number of allylic oxidation sites excluding steroid dienone is 1. The summed E-state index contributed by atoms with van der Waals surface area (Å²) < 4.78 is 5.46. The maximum absolute atomic E-state index is 5.46. The van der Waals surface area contributed by atoms with Crippen LogP contribution in [0.5, 0.6) is 0 Å². The summed E-state index contributed by atoms with van der Waals surface area (Å²) in [6.45, 7) is 7.98. The Labute approximate surface area is 115 Å². The van der Waals surface area contributed by atoms with Gasteiger partial charge in [0, 0.05) is 17.5 Å². The van der Waals surface area contributed by atoms with Gasteiger partial charge in [0.1, 0.15) is 6.61 Å². The Morgan fingerprint density at radius 2 is 2.11 bits per heavy atom. The Balaban J connectivity index is 2.11. The lowest BCUT2D eigenvalue weighted by Crippen LogP contribution is -2.06. The van der Waals surface area contributed by atoms with Crippen molar-refractivity contribution in [2.24, 2.45) is 10.9 Å². The molecular formula is C16H22N2O. The molecule has 0 aliphatic carbocycles. The maximum atomic E-state index is 5.46. The highest BCUT2D eigenvalue weighted by atomic mass is 16.5. The van der Waals surface area contributed by atoms with Crippen LogP contribution >= 0.6 is 0 Å². The van der Waals surface area contributed by atoms with E-state index in [0.29, 0.717) is 12.5 Å². The van der Waals surface area contributed by atoms with Gasteiger partial charge in [0.2, 0.25) is 5.90 Å². The van der Waals surface area contributed by atoms with Gasteiger partial charge in [-0.2, -0.15) is 0 Å². The van der Waals surface area contributed by atoms with E-state index in [2.05, 4.69) is 55.3 Å². The predicted molar refractivity (Wildman–Crippen MR) is 80.6 cm³/mol. The van der Waals surface area contributed by atoms with Crippen LogP contribution in [0.2, 0.25) is 0 Å². The molecule has 0 amide bonds. The van der Waals surface area contributed by atoms with E-state index in [4.69, 9.17) is 4.74 Å². The monoisotopic (exact) mass is 258 g/mol. The fourth-order valence-electron chi connectivity index (χ4n) is 2.00. The molecule has 19 heavy (non-hydrogen) atoms. The number of aliphatic imine (C=N–C) groups is 1. The summed E-state index contributed by atoms with van der Waals surface area (Å²) in [5.74, 6) is 1.33. The summed E-state index contributed by atoms with van der Waals surface area (Å²) in [7, 11) is 0. The lowest BCUT2D eigenvalue weighted by molar-refractivity contribution is 0.349. The zero-order chi connectivity index (χ0) is 13.7. The lowest BCUT2D eigenvalue weighted by atomic mass is 10.1. The van der Waals surface area contributed by atoms with E-state index in [1.54, 1.807) is 0 Å². The van der Waals surface area contributed by atoms with Gasteiger partial charge in [-0.1, -0.05) is 31.5 Å². The highest BCUT2D eigenvalue weighted by Crippen LogP contribution is 2.17. The molecule has 1 heterocycles. The zero-order valence-corrected chi connectivity index (χ0v) is 11.9. The summed E-state index contributed by atoms with van der Waals surface area (Å²) in [4.78, 5) is 4.32. The molecule has 1 N–H and O–H groups in total. The molecule has 1 aliphatic heterocycles. The third kappa shape index (κ3) is 4.43. The van der Waals surface area contributed by atoms with Crippen LogP contribution < -0.4 is 5.32 Å². The van der Waals surface area contributed by atoms with E-state index in [0.717, 1.165) is 30.2 Å². The van der Waals surface area contributed by atoms with Crippen LogP contribution in [-0.4, -0.2) is 19.0 Å². The summed E-state index contributed by atoms with van der Waals surface area (Å²) in [5, 5.41) is 3.46. The third-order valence-corrected chi connectivity index (χ3v) is 2.89. The molecule has 0 unspecified atom stereocenters. The van der Waals surface area contributed by atoms with Gasteiger partial charge >= 0.3 is 0 Å². The fraction of sp³-hybridized carbons (Fsp3) is 0.438. The predicted octanol–water partition coefficient (Wildman–Crippen LogP) is 3.77. The van der Waals surface area contributed by atoms with E-state index >= 15 is 0 Å². The molecule has 0 aromatic heterocycles. The van der Waals surface area contributed by atoms with Crippen LogP contribution in [0.4, 0.5) is 5.69 Å². The van der Waals surface area contributed by atoms with Crippen LogP contribution in [-0.2, 0) is 4.74 Å². The maximum Gasteiger partial charge on any atom is 0.210 e. The van der Waals surface area contributed by atoms with Crippen LogP contribution in [0.1, 0.15) is 25.8 Å². The number of hydrogen-bond acceptors (Lipinski definition) is 3. The van der Waals surface area contributed by atoms with E-state index in [1.165, 1.54) is 5.56 Å². The number of hydrogen-bond donors (Lipinski definition) is 1. The highest BCUT2D eigenvalue weighted by Gasteiger charge is 2.08. The first-order chi connectivity index (χ1) is 9.13. The lowest BCUT2D eigenvalue weighted by Gasteiger charge is -2.13. The summed E-state index contributed by atoms with van der Waals surface area (Å²) >= 11 is 0. The van der Waals surface area contributed by atoms with Crippen LogP contribution in [0.15, 0.2) is 41.0 Å². The Bertz CT molecular complexity index is 472. The minimum absolute atomic E-state index is 0.589. The van der Waals surface area contributed by atoms with Crippen LogP contribution in [0.25, 0.3) is 0 Å². The third-order valence-electron chi connectivity index (χ3n) is 2.89. The molecule has 102 valence electrons. The second-order valence-corrected chi connectivity index (χ2v) is 5.33. The van der Waals surface area contributed by atoms with Crippen molar-refractivity contribution in [2.75, 3.05) is 18.5 Å². The van der Waals surface area contributed by atoms with Crippen molar-refractivity contribution < 1.29 is 4.74 Å². The minimum Gasteiger partial charge on any atom is -0.476 e. The van der Waals surface area contributed by atoms with Gasteiger partial charge in [-0.05, 0) is 31.4 Å². The molecule has 1 aliphatic rings. The molecule has 0 radical (unpaired) electrons. The Morgan fingerprint density at radius 1 is 1.37 bits per heavy atom. The van der Waals surface area contributed by atoms with Crippen LogP contribution in [0.3, 0.4) is 0 Å². The van der Waals surface area contributed by atoms with Crippen molar-refractivity contribution in [3.05, 3.63) is 41.6 Å². The van der Waals surface area contributed by atoms with Gasteiger partial charge in [0.15, 0.2) is 0 Å². The summed E-state index contributed by atoms with van der Waals surface area (Å²) in [6.07, 6.45) is 3.00. The molecule has 3 heteroatoms. The topological polar surface area (TPSA) is 33.6 Å². The van der Waals surface area contributed by atoms with Crippen LogP contribution in [0, 0.1) is 12.8 Å². The highest BCUT2D eigenvalue weighted by molar-refractivity contribution is 5.89. The number of nitrogens with zero attached hydrogens (tertiary/aromatic N) is 1. The van der Waals surface area contributed by atoms with Gasteiger partial charge in [-0.15, -0.1) is 0 Å². The molecule has 0 fully saturated rings. The quantitative estimate of drug-likeness (QED) is 0.872. The van der Waals surface area contributed by atoms with E-state index in [-0.39, 0.29) is 0 Å². The number of benzene rings is 1. The van der Waals surface area contributed by atoms with Crippen molar-refractivity contribution in [1.29, 1.82) is 0 Å². The summed E-state index contributed by atoms with van der Waals surface area (Å²) in [5.41, 5.74) is 3.53. The van der Waals surface area contributed by atoms with Crippen molar-refractivity contribution in [1.82, 2.24) is 0 Å². The van der Waals surface area contributed by atoms with E-state index in [9.17, 15) is 0 Å². The smallest absolute Gasteiger partial charge is 0.210 e. The van der Waals surface area contributed by atoms with Gasteiger partial charge < -0.3 is 10.1 Å². The number of nitrogens with one attached hydrogen (secondary N) is 1. The van der Waals surface area contributed by atoms with Crippen molar-refractivity contribution >= 4 is 11.6 Å². The first-order valence-corrected chi connectivity index (χ1v) is 6.85. The van der Waals surface area contributed by atoms with Gasteiger partial charge in [-0.25, -0.2) is 4.99 Å². The SMILES string of the molecule is Cc1ccc(N/C(=C\C2=NCCO2)CC(C)C)cc1.